The molecular formula is C27H18ClN3O7S2. The summed E-state index contributed by atoms with van der Waals surface area (Å²) in [6.07, 6.45) is 1.05. The summed E-state index contributed by atoms with van der Waals surface area (Å²) in [6, 6.07) is 16.3. The molecule has 0 saturated carbocycles. The van der Waals surface area contributed by atoms with Crippen LogP contribution < -0.4 is 4.90 Å². The number of ketones is 1. The fraction of sp³-hybridized carbons (Fsp3) is 0.0741. The lowest BCUT2D eigenvalue weighted by molar-refractivity contribution is -0.384. The molecule has 3 aromatic carbocycles. The van der Waals surface area contributed by atoms with Gasteiger partial charge in [-0.05, 0) is 36.8 Å². The van der Waals surface area contributed by atoms with Gasteiger partial charge in [0.25, 0.3) is 11.5 Å². The molecule has 1 aliphatic rings. The van der Waals surface area contributed by atoms with Crippen molar-refractivity contribution in [1.29, 1.82) is 0 Å². The Morgan fingerprint density at radius 3 is 2.25 bits per heavy atom. The zero-order chi connectivity index (χ0) is 28.8. The lowest BCUT2D eigenvalue weighted by atomic mass is 9.95. The lowest BCUT2D eigenvalue weighted by Gasteiger charge is -2.23. The maximum atomic E-state index is 13.3. The van der Waals surface area contributed by atoms with Gasteiger partial charge in [0, 0.05) is 22.7 Å². The Morgan fingerprint density at radius 1 is 1.02 bits per heavy atom. The summed E-state index contributed by atoms with van der Waals surface area (Å²) in [7, 11) is -4.15. The van der Waals surface area contributed by atoms with E-state index in [9.17, 15) is 33.2 Å². The maximum Gasteiger partial charge on any atom is 0.301 e. The van der Waals surface area contributed by atoms with Crippen LogP contribution in [-0.2, 0) is 19.4 Å². The van der Waals surface area contributed by atoms with Gasteiger partial charge in [-0.1, -0.05) is 64.9 Å². The molecule has 0 aliphatic carbocycles. The third-order valence-corrected chi connectivity index (χ3v) is 9.74. The van der Waals surface area contributed by atoms with Crippen LogP contribution in [-0.4, -0.2) is 35.1 Å². The van der Waals surface area contributed by atoms with Gasteiger partial charge in [0.2, 0.25) is 9.84 Å². The molecule has 5 rings (SSSR count). The molecule has 0 bridgehead atoms. The van der Waals surface area contributed by atoms with E-state index in [1.807, 2.05) is 6.92 Å². The van der Waals surface area contributed by atoms with Crippen molar-refractivity contribution in [2.75, 3.05) is 4.90 Å². The molecule has 1 saturated heterocycles. The monoisotopic (exact) mass is 595 g/mol. The van der Waals surface area contributed by atoms with E-state index < -0.39 is 38.3 Å². The predicted molar refractivity (Wildman–Crippen MR) is 148 cm³/mol. The topological polar surface area (TPSA) is 148 Å². The smallest absolute Gasteiger partial charge is 0.301 e. The molecule has 202 valence electrons. The number of thiazole rings is 1. The van der Waals surface area contributed by atoms with Crippen LogP contribution in [0.1, 0.15) is 22.7 Å². The Morgan fingerprint density at radius 2 is 1.65 bits per heavy atom. The highest BCUT2D eigenvalue weighted by Gasteiger charge is 2.48. The standard InChI is InChI=1S/C27H18ClN3O7S2/c1-15-2-4-17(5-3-15)24(32)22-23(16-6-8-18(28)9-7-16)30(26(34)25(22)33)27-29-14-21(39-27)40(37,38)20-12-10-19(11-13-20)31(35)36/h2-14,23,32H,1H3/b24-22-. The summed E-state index contributed by atoms with van der Waals surface area (Å²) in [5, 5.41) is 22.4. The molecule has 13 heteroatoms. The van der Waals surface area contributed by atoms with Gasteiger partial charge in [-0.3, -0.25) is 24.6 Å². The highest BCUT2D eigenvalue weighted by atomic mass is 35.5. The quantitative estimate of drug-likeness (QED) is 0.101. The molecule has 1 unspecified atom stereocenters. The van der Waals surface area contributed by atoms with Gasteiger partial charge in [-0.15, -0.1) is 0 Å². The van der Waals surface area contributed by atoms with Crippen molar-refractivity contribution in [3.63, 3.8) is 0 Å². The van der Waals surface area contributed by atoms with Crippen LogP contribution in [0, 0.1) is 17.0 Å². The SMILES string of the molecule is Cc1ccc(/C(O)=C2/C(=O)C(=O)N(c3ncc(S(=O)(=O)c4ccc([N+](=O)[O-])cc4)s3)C2c2ccc(Cl)cc2)cc1. The number of amides is 1. The molecule has 1 N–H and O–H groups in total. The van der Waals surface area contributed by atoms with Gasteiger partial charge in [0.1, 0.15) is 9.97 Å². The van der Waals surface area contributed by atoms with Crippen molar-refractivity contribution in [3.05, 3.63) is 116 Å². The first-order chi connectivity index (χ1) is 19.0. The van der Waals surface area contributed by atoms with E-state index in [2.05, 4.69) is 4.98 Å². The van der Waals surface area contributed by atoms with Gasteiger partial charge in [-0.2, -0.15) is 0 Å². The summed E-state index contributed by atoms with van der Waals surface area (Å²) >= 11 is 6.71. The van der Waals surface area contributed by atoms with Crippen LogP contribution in [0.15, 0.2) is 93.7 Å². The second kappa shape index (κ2) is 10.3. The van der Waals surface area contributed by atoms with E-state index in [4.69, 9.17) is 11.6 Å². The molecular weight excluding hydrogens is 578 g/mol. The maximum absolute atomic E-state index is 13.3. The zero-order valence-electron chi connectivity index (χ0n) is 20.5. The Balaban J connectivity index is 1.62. The molecule has 1 atom stereocenters. The van der Waals surface area contributed by atoms with Gasteiger partial charge in [0.05, 0.1) is 27.6 Å². The molecule has 0 radical (unpaired) electrons. The molecule has 10 nitrogen and oxygen atoms in total. The van der Waals surface area contributed by atoms with E-state index >= 15 is 0 Å². The fourth-order valence-corrected chi connectivity index (χ4v) is 6.88. The number of benzene rings is 3. The number of Topliss-reactive ketones (excluding diaryl/α,β-unsaturated/α-hetero) is 1. The molecule has 1 aliphatic heterocycles. The van der Waals surface area contributed by atoms with Crippen molar-refractivity contribution < 1.29 is 28.0 Å². The van der Waals surface area contributed by atoms with Gasteiger partial charge in [0.15, 0.2) is 5.13 Å². The van der Waals surface area contributed by atoms with E-state index in [0.29, 0.717) is 27.5 Å². The van der Waals surface area contributed by atoms with Crippen LogP contribution in [0.5, 0.6) is 0 Å². The van der Waals surface area contributed by atoms with Crippen LogP contribution in [0.25, 0.3) is 5.76 Å². The first-order valence-electron chi connectivity index (χ1n) is 11.6. The average Bonchev–Trinajstić information content (AvgIpc) is 3.53. The number of halogens is 1. The number of anilines is 1. The molecule has 1 amide bonds. The summed E-state index contributed by atoms with van der Waals surface area (Å²) in [5.74, 6) is -2.36. The Kier molecular flexibility index (Phi) is 7.00. The number of aryl methyl sites for hydroxylation is 1. The van der Waals surface area contributed by atoms with Crippen molar-refractivity contribution >= 4 is 61.0 Å². The average molecular weight is 596 g/mol. The van der Waals surface area contributed by atoms with Gasteiger partial charge < -0.3 is 5.11 Å². The highest BCUT2D eigenvalue weighted by Crippen LogP contribution is 2.44. The third kappa shape index (κ3) is 4.76. The van der Waals surface area contributed by atoms with E-state index in [1.54, 1.807) is 48.5 Å². The molecule has 0 spiro atoms. The molecule has 40 heavy (non-hydrogen) atoms. The minimum atomic E-state index is -4.15. The van der Waals surface area contributed by atoms with Crippen LogP contribution >= 0.6 is 22.9 Å². The fourth-order valence-electron chi connectivity index (χ4n) is 4.21. The highest BCUT2D eigenvalue weighted by molar-refractivity contribution is 7.93. The van der Waals surface area contributed by atoms with Crippen molar-refractivity contribution in [3.8, 4) is 0 Å². The van der Waals surface area contributed by atoms with Crippen molar-refractivity contribution in [2.45, 2.75) is 22.1 Å². The number of nitrogens with zero attached hydrogens (tertiary/aromatic N) is 3. The van der Waals surface area contributed by atoms with Crippen LogP contribution in [0.2, 0.25) is 5.02 Å². The van der Waals surface area contributed by atoms with Gasteiger partial charge in [-0.25, -0.2) is 13.4 Å². The number of sulfone groups is 1. The summed E-state index contributed by atoms with van der Waals surface area (Å²) in [4.78, 5) is 41.9. The van der Waals surface area contributed by atoms with Crippen molar-refractivity contribution in [2.24, 2.45) is 0 Å². The molecule has 1 fully saturated rings. The number of carbonyl (C=O) groups excluding carboxylic acids is 2. The lowest BCUT2D eigenvalue weighted by Crippen LogP contribution is -2.29. The minimum absolute atomic E-state index is 0.0921. The number of nitro benzene ring substituents is 1. The predicted octanol–water partition coefficient (Wildman–Crippen LogP) is 5.47. The Bertz CT molecular complexity index is 1800. The Hall–Kier alpha value is -4.39. The largest absolute Gasteiger partial charge is 0.507 e. The first kappa shape index (κ1) is 27.2. The van der Waals surface area contributed by atoms with E-state index in [-0.39, 0.29) is 25.5 Å². The first-order valence-corrected chi connectivity index (χ1v) is 14.3. The number of carbonyl (C=O) groups is 2. The van der Waals surface area contributed by atoms with Crippen LogP contribution in [0.3, 0.4) is 0 Å². The molecule has 2 heterocycles. The van der Waals surface area contributed by atoms with Crippen molar-refractivity contribution in [1.82, 2.24) is 4.98 Å². The molecule has 4 aromatic rings. The number of aliphatic hydroxyl groups excluding tert-OH is 1. The zero-order valence-corrected chi connectivity index (χ0v) is 22.9. The third-order valence-electron chi connectivity index (χ3n) is 6.26. The number of hydrogen-bond acceptors (Lipinski definition) is 9. The Labute approximate surface area is 236 Å². The number of rotatable bonds is 6. The van der Waals surface area contributed by atoms with E-state index in [0.717, 1.165) is 40.9 Å². The number of aromatic nitrogens is 1. The second-order valence-electron chi connectivity index (χ2n) is 8.80. The normalized spacial score (nSPS) is 16.9. The second-order valence-corrected chi connectivity index (χ2v) is 12.4. The minimum Gasteiger partial charge on any atom is -0.507 e. The number of hydrogen-bond donors (Lipinski definition) is 1. The molecule has 1 aromatic heterocycles. The number of nitro groups is 1. The van der Waals surface area contributed by atoms with Gasteiger partial charge >= 0.3 is 5.91 Å². The van der Waals surface area contributed by atoms with Crippen LogP contribution in [0.4, 0.5) is 10.8 Å². The summed E-state index contributed by atoms with van der Waals surface area (Å²) < 4.78 is 26.2. The summed E-state index contributed by atoms with van der Waals surface area (Å²) in [6.45, 7) is 1.86. The number of non-ortho nitro benzene ring substituents is 1. The number of aliphatic hydroxyl groups is 1. The summed E-state index contributed by atoms with van der Waals surface area (Å²) in [5.41, 5.74) is 1.22. The van der Waals surface area contributed by atoms with E-state index in [1.165, 1.54) is 0 Å².